The number of hydrogen-bond acceptors (Lipinski definition) is 2. The average Bonchev–Trinajstić information content (AvgIpc) is 2.90. The topological polar surface area (TPSA) is 52.5 Å². The van der Waals surface area contributed by atoms with Gasteiger partial charge in [0, 0.05) is 0 Å². The summed E-state index contributed by atoms with van der Waals surface area (Å²) in [5.74, 6) is 0.211. The van der Waals surface area contributed by atoms with E-state index < -0.39 is 0 Å². The molecule has 0 bridgehead atoms. The zero-order valence-electron chi connectivity index (χ0n) is 10.5. The number of para-hydroxylation sites is 2. The number of aromatic amines is 1. The lowest BCUT2D eigenvalue weighted by atomic mass is 10.1. The van der Waals surface area contributed by atoms with Gasteiger partial charge in [-0.15, -0.1) is 0 Å². The standard InChI is InChI=1S/C16H10FN3/c17-13-7-5-11(6-8-13)9-12(10-18)16-19-14-3-1-2-4-15(14)20-16/h1-9H,(H,19,20)/b12-9-. The van der Waals surface area contributed by atoms with Gasteiger partial charge < -0.3 is 4.98 Å². The molecule has 0 aliphatic heterocycles. The van der Waals surface area contributed by atoms with Gasteiger partial charge >= 0.3 is 0 Å². The van der Waals surface area contributed by atoms with E-state index >= 15 is 0 Å². The average molecular weight is 263 g/mol. The fraction of sp³-hybridized carbons (Fsp3) is 0. The molecule has 2 aromatic carbocycles. The van der Waals surface area contributed by atoms with Crippen LogP contribution in [-0.4, -0.2) is 9.97 Å². The van der Waals surface area contributed by atoms with Gasteiger partial charge in [0.2, 0.25) is 0 Å². The lowest BCUT2D eigenvalue weighted by Gasteiger charge is -1.95. The number of imidazole rings is 1. The van der Waals surface area contributed by atoms with Crippen LogP contribution in [0.4, 0.5) is 4.39 Å². The fourth-order valence-electron chi connectivity index (χ4n) is 1.96. The maximum Gasteiger partial charge on any atom is 0.149 e. The number of halogens is 1. The zero-order valence-corrected chi connectivity index (χ0v) is 10.5. The van der Waals surface area contributed by atoms with Crippen molar-refractivity contribution < 1.29 is 4.39 Å². The normalized spacial score (nSPS) is 11.5. The molecule has 20 heavy (non-hydrogen) atoms. The van der Waals surface area contributed by atoms with Gasteiger partial charge in [-0.2, -0.15) is 5.26 Å². The molecule has 3 aromatic rings. The van der Waals surface area contributed by atoms with Gasteiger partial charge in [-0.25, -0.2) is 9.37 Å². The Bertz CT molecular complexity index is 790. The highest BCUT2D eigenvalue weighted by atomic mass is 19.1. The Labute approximate surface area is 115 Å². The van der Waals surface area contributed by atoms with E-state index in [4.69, 9.17) is 0 Å². The Balaban J connectivity index is 2.05. The monoisotopic (exact) mass is 263 g/mol. The van der Waals surface area contributed by atoms with E-state index in [0.29, 0.717) is 11.4 Å². The summed E-state index contributed by atoms with van der Waals surface area (Å²) < 4.78 is 12.9. The first-order chi connectivity index (χ1) is 9.76. The highest BCUT2D eigenvalue weighted by Gasteiger charge is 2.07. The Morgan fingerprint density at radius 3 is 2.60 bits per heavy atom. The number of aromatic nitrogens is 2. The molecular weight excluding hydrogens is 253 g/mol. The predicted molar refractivity (Wildman–Crippen MR) is 76.0 cm³/mol. The van der Waals surface area contributed by atoms with Gasteiger partial charge in [-0.1, -0.05) is 24.3 Å². The van der Waals surface area contributed by atoms with Crippen molar-refractivity contribution in [3.8, 4) is 6.07 Å². The molecule has 4 heteroatoms. The molecule has 3 nitrogen and oxygen atoms in total. The molecule has 0 atom stereocenters. The third-order valence-corrected chi connectivity index (χ3v) is 2.95. The molecule has 3 rings (SSSR count). The van der Waals surface area contributed by atoms with Crippen LogP contribution in [-0.2, 0) is 0 Å². The Kier molecular flexibility index (Phi) is 3.02. The number of nitrogens with one attached hydrogen (secondary N) is 1. The van der Waals surface area contributed by atoms with Crippen LogP contribution >= 0.6 is 0 Å². The summed E-state index contributed by atoms with van der Waals surface area (Å²) in [6.07, 6.45) is 1.68. The Morgan fingerprint density at radius 1 is 1.15 bits per heavy atom. The molecule has 0 aliphatic carbocycles. The number of H-pyrrole nitrogens is 1. The van der Waals surface area contributed by atoms with Crippen molar-refractivity contribution in [1.29, 1.82) is 5.26 Å². The van der Waals surface area contributed by atoms with E-state index in [2.05, 4.69) is 16.0 Å². The third kappa shape index (κ3) is 2.29. The largest absolute Gasteiger partial charge is 0.337 e. The van der Waals surface area contributed by atoms with Crippen LogP contribution in [0, 0.1) is 17.1 Å². The molecule has 1 aromatic heterocycles. The summed E-state index contributed by atoms with van der Waals surface area (Å²) in [4.78, 5) is 7.48. The lowest BCUT2D eigenvalue weighted by molar-refractivity contribution is 0.628. The number of nitriles is 1. The number of fused-ring (bicyclic) bond motifs is 1. The molecule has 1 heterocycles. The molecule has 0 spiro atoms. The smallest absolute Gasteiger partial charge is 0.149 e. The number of benzene rings is 2. The second-order valence-electron chi connectivity index (χ2n) is 4.32. The van der Waals surface area contributed by atoms with Gasteiger partial charge in [-0.3, -0.25) is 0 Å². The summed E-state index contributed by atoms with van der Waals surface area (Å²) in [6.45, 7) is 0. The SMILES string of the molecule is N#C/C(=C/c1ccc(F)cc1)c1nc2ccccc2[nH]1. The van der Waals surface area contributed by atoms with E-state index in [1.54, 1.807) is 18.2 Å². The Hall–Kier alpha value is -2.93. The van der Waals surface area contributed by atoms with Crippen LogP contribution in [0.25, 0.3) is 22.7 Å². The van der Waals surface area contributed by atoms with Gasteiger partial charge in [0.15, 0.2) is 0 Å². The molecule has 0 amide bonds. The minimum atomic E-state index is -0.301. The molecule has 0 aliphatic rings. The maximum atomic E-state index is 12.9. The molecule has 0 saturated heterocycles. The van der Waals surface area contributed by atoms with Crippen LogP contribution in [0.5, 0.6) is 0 Å². The summed E-state index contributed by atoms with van der Waals surface area (Å²) in [5.41, 5.74) is 2.85. The minimum absolute atomic E-state index is 0.301. The predicted octanol–water partition coefficient (Wildman–Crippen LogP) is 3.77. The van der Waals surface area contributed by atoms with Crippen molar-refractivity contribution in [3.63, 3.8) is 0 Å². The van der Waals surface area contributed by atoms with Crippen molar-refractivity contribution in [2.45, 2.75) is 0 Å². The summed E-state index contributed by atoms with van der Waals surface area (Å²) in [7, 11) is 0. The van der Waals surface area contributed by atoms with Crippen molar-refractivity contribution in [2.75, 3.05) is 0 Å². The second-order valence-corrected chi connectivity index (χ2v) is 4.32. The number of nitrogens with zero attached hydrogens (tertiary/aromatic N) is 2. The van der Waals surface area contributed by atoms with Crippen LogP contribution in [0.15, 0.2) is 48.5 Å². The summed E-state index contributed by atoms with van der Waals surface area (Å²) >= 11 is 0. The van der Waals surface area contributed by atoms with E-state index in [9.17, 15) is 9.65 Å². The Morgan fingerprint density at radius 2 is 1.90 bits per heavy atom. The molecular formula is C16H10FN3. The van der Waals surface area contributed by atoms with Crippen molar-refractivity contribution in [3.05, 3.63) is 65.7 Å². The summed E-state index contributed by atoms with van der Waals surface area (Å²) in [6, 6.07) is 15.7. The van der Waals surface area contributed by atoms with Gasteiger partial charge in [-0.05, 0) is 35.9 Å². The van der Waals surface area contributed by atoms with Gasteiger partial charge in [0.05, 0.1) is 16.6 Å². The van der Waals surface area contributed by atoms with E-state index in [-0.39, 0.29) is 5.82 Å². The number of hydrogen-bond donors (Lipinski definition) is 1. The number of rotatable bonds is 2. The molecule has 0 unspecified atom stereocenters. The quantitative estimate of drug-likeness (QED) is 0.715. The van der Waals surface area contributed by atoms with Gasteiger partial charge in [0.25, 0.3) is 0 Å². The first-order valence-corrected chi connectivity index (χ1v) is 6.09. The lowest BCUT2D eigenvalue weighted by Crippen LogP contribution is -1.85. The van der Waals surface area contributed by atoms with Crippen LogP contribution < -0.4 is 0 Å². The van der Waals surface area contributed by atoms with E-state index in [1.807, 2.05) is 24.3 Å². The fourth-order valence-corrected chi connectivity index (χ4v) is 1.96. The first kappa shape index (κ1) is 12.1. The highest BCUT2D eigenvalue weighted by Crippen LogP contribution is 2.19. The maximum absolute atomic E-state index is 12.9. The molecule has 0 fully saturated rings. The van der Waals surface area contributed by atoms with Gasteiger partial charge in [0.1, 0.15) is 17.7 Å². The molecule has 0 saturated carbocycles. The zero-order chi connectivity index (χ0) is 13.9. The van der Waals surface area contributed by atoms with Crippen LogP contribution in [0.1, 0.15) is 11.4 Å². The second kappa shape index (κ2) is 4.98. The third-order valence-electron chi connectivity index (χ3n) is 2.95. The number of allylic oxidation sites excluding steroid dienone is 1. The van der Waals surface area contributed by atoms with Crippen molar-refractivity contribution >= 4 is 22.7 Å². The van der Waals surface area contributed by atoms with E-state index in [1.165, 1.54) is 12.1 Å². The minimum Gasteiger partial charge on any atom is -0.337 e. The van der Waals surface area contributed by atoms with Crippen molar-refractivity contribution in [1.82, 2.24) is 9.97 Å². The molecule has 0 radical (unpaired) electrons. The summed E-state index contributed by atoms with van der Waals surface area (Å²) in [5, 5.41) is 9.27. The van der Waals surface area contributed by atoms with Crippen molar-refractivity contribution in [2.24, 2.45) is 0 Å². The highest BCUT2D eigenvalue weighted by molar-refractivity contribution is 5.90. The van der Waals surface area contributed by atoms with E-state index in [0.717, 1.165) is 16.6 Å². The first-order valence-electron chi connectivity index (χ1n) is 6.09. The molecule has 1 N–H and O–H groups in total. The van der Waals surface area contributed by atoms with Crippen LogP contribution in [0.2, 0.25) is 0 Å². The van der Waals surface area contributed by atoms with Crippen LogP contribution in [0.3, 0.4) is 0 Å². The molecule has 96 valence electrons.